The van der Waals surface area contributed by atoms with Gasteiger partial charge in [-0.05, 0) is 41.8 Å². The lowest BCUT2D eigenvalue weighted by Gasteiger charge is -2.12. The summed E-state index contributed by atoms with van der Waals surface area (Å²) in [4.78, 5) is 0.0863. The van der Waals surface area contributed by atoms with Crippen LogP contribution in [0, 0.1) is 5.82 Å². The van der Waals surface area contributed by atoms with Crippen LogP contribution in [0.4, 0.5) is 4.39 Å². The molecule has 0 nitrogen and oxygen atoms in total. The Morgan fingerprint density at radius 2 is 1.61 bits per heavy atom. The van der Waals surface area contributed by atoms with E-state index in [0.29, 0.717) is 6.42 Å². The molecule has 18 heavy (non-hydrogen) atoms. The Labute approximate surface area is 131 Å². The molecule has 0 aliphatic carbocycles. The van der Waals surface area contributed by atoms with Crippen LogP contribution in [0.3, 0.4) is 0 Å². The normalized spacial score (nSPS) is 12.4. The molecular formula is C14H10Br3F. The van der Waals surface area contributed by atoms with E-state index in [-0.39, 0.29) is 10.6 Å². The summed E-state index contributed by atoms with van der Waals surface area (Å²) < 4.78 is 15.6. The third-order valence-corrected chi connectivity index (χ3v) is 4.37. The third kappa shape index (κ3) is 3.65. The maximum Gasteiger partial charge on any atom is 0.126 e. The Kier molecular flexibility index (Phi) is 4.98. The van der Waals surface area contributed by atoms with Gasteiger partial charge in [0.1, 0.15) is 5.82 Å². The predicted octanol–water partition coefficient (Wildman–Crippen LogP) is 6.03. The SMILES string of the molecule is Fc1ccccc1CC(Br)c1cc(Br)cc(Br)c1. The van der Waals surface area contributed by atoms with Crippen molar-refractivity contribution in [1.29, 1.82) is 0 Å². The lowest BCUT2D eigenvalue weighted by atomic mass is 10.0. The molecular weight excluding hydrogens is 427 g/mol. The molecule has 0 spiro atoms. The molecule has 0 heterocycles. The van der Waals surface area contributed by atoms with E-state index in [1.54, 1.807) is 6.07 Å². The van der Waals surface area contributed by atoms with Gasteiger partial charge in [-0.2, -0.15) is 0 Å². The van der Waals surface area contributed by atoms with E-state index >= 15 is 0 Å². The molecule has 0 amide bonds. The van der Waals surface area contributed by atoms with Crippen molar-refractivity contribution in [2.24, 2.45) is 0 Å². The van der Waals surface area contributed by atoms with Crippen molar-refractivity contribution < 1.29 is 4.39 Å². The Morgan fingerprint density at radius 1 is 1.00 bits per heavy atom. The van der Waals surface area contributed by atoms with Crippen LogP contribution in [0.5, 0.6) is 0 Å². The van der Waals surface area contributed by atoms with Crippen molar-refractivity contribution in [1.82, 2.24) is 0 Å². The summed E-state index contributed by atoms with van der Waals surface area (Å²) in [7, 11) is 0. The van der Waals surface area contributed by atoms with Crippen molar-refractivity contribution in [3.8, 4) is 0 Å². The van der Waals surface area contributed by atoms with Crippen molar-refractivity contribution in [3.05, 3.63) is 68.4 Å². The van der Waals surface area contributed by atoms with E-state index in [1.807, 2.05) is 30.3 Å². The first-order valence-electron chi connectivity index (χ1n) is 5.40. The molecule has 0 aliphatic rings. The smallest absolute Gasteiger partial charge is 0.126 e. The van der Waals surface area contributed by atoms with Gasteiger partial charge in [-0.3, -0.25) is 0 Å². The summed E-state index contributed by atoms with van der Waals surface area (Å²) >= 11 is 10.5. The van der Waals surface area contributed by atoms with Gasteiger partial charge in [-0.25, -0.2) is 4.39 Å². The van der Waals surface area contributed by atoms with Crippen LogP contribution < -0.4 is 0 Å². The number of halogens is 4. The average Bonchev–Trinajstić information content (AvgIpc) is 2.31. The molecule has 2 aromatic rings. The zero-order valence-electron chi connectivity index (χ0n) is 9.34. The van der Waals surface area contributed by atoms with Crippen LogP contribution in [0.1, 0.15) is 16.0 Å². The lowest BCUT2D eigenvalue weighted by Crippen LogP contribution is -1.98. The minimum absolute atomic E-state index is 0.0863. The van der Waals surface area contributed by atoms with Crippen LogP contribution in [0.25, 0.3) is 0 Å². The fourth-order valence-electron chi connectivity index (χ4n) is 1.73. The van der Waals surface area contributed by atoms with Crippen molar-refractivity contribution in [3.63, 3.8) is 0 Å². The Bertz CT molecular complexity index is 534. The van der Waals surface area contributed by atoms with Gasteiger partial charge < -0.3 is 0 Å². The standard InChI is InChI=1S/C14H10Br3F/c15-11-5-10(6-12(16)8-11)13(17)7-9-3-1-2-4-14(9)18/h1-6,8,13H,7H2. The third-order valence-electron chi connectivity index (χ3n) is 2.60. The largest absolute Gasteiger partial charge is 0.207 e. The first-order valence-corrected chi connectivity index (χ1v) is 7.90. The van der Waals surface area contributed by atoms with E-state index in [2.05, 4.69) is 47.8 Å². The fourth-order valence-corrected chi connectivity index (χ4v) is 3.67. The van der Waals surface area contributed by atoms with E-state index < -0.39 is 0 Å². The quantitative estimate of drug-likeness (QED) is 0.515. The second-order valence-electron chi connectivity index (χ2n) is 3.97. The van der Waals surface area contributed by atoms with E-state index in [0.717, 1.165) is 20.1 Å². The zero-order valence-corrected chi connectivity index (χ0v) is 14.1. The molecule has 0 radical (unpaired) electrons. The molecule has 0 bridgehead atoms. The first kappa shape index (κ1) is 14.2. The predicted molar refractivity (Wildman–Crippen MR) is 83.6 cm³/mol. The zero-order chi connectivity index (χ0) is 13.1. The van der Waals surface area contributed by atoms with Gasteiger partial charge in [-0.15, -0.1) is 0 Å². The molecule has 2 aromatic carbocycles. The maximum atomic E-state index is 13.6. The fraction of sp³-hybridized carbons (Fsp3) is 0.143. The minimum atomic E-state index is -0.156. The van der Waals surface area contributed by atoms with Crippen LogP contribution in [-0.4, -0.2) is 0 Å². The topological polar surface area (TPSA) is 0 Å². The Morgan fingerprint density at radius 3 is 2.22 bits per heavy atom. The Balaban J connectivity index is 2.22. The molecule has 2 rings (SSSR count). The minimum Gasteiger partial charge on any atom is -0.207 e. The van der Waals surface area contributed by atoms with Gasteiger partial charge in [-0.1, -0.05) is 66.0 Å². The lowest BCUT2D eigenvalue weighted by molar-refractivity contribution is 0.608. The number of hydrogen-bond donors (Lipinski definition) is 0. The molecule has 1 atom stereocenters. The summed E-state index contributed by atoms with van der Waals surface area (Å²) in [6.07, 6.45) is 0.621. The molecule has 4 heteroatoms. The van der Waals surface area contributed by atoms with Gasteiger partial charge in [0.15, 0.2) is 0 Å². The van der Waals surface area contributed by atoms with Crippen molar-refractivity contribution >= 4 is 47.8 Å². The maximum absolute atomic E-state index is 13.6. The number of rotatable bonds is 3. The summed E-state index contributed by atoms with van der Waals surface area (Å²) in [5.41, 5.74) is 1.83. The van der Waals surface area contributed by atoms with Crippen LogP contribution >= 0.6 is 47.8 Å². The first-order chi connectivity index (χ1) is 8.56. The van der Waals surface area contributed by atoms with E-state index in [9.17, 15) is 4.39 Å². The molecule has 0 fully saturated rings. The highest BCUT2D eigenvalue weighted by molar-refractivity contribution is 9.11. The summed E-state index contributed by atoms with van der Waals surface area (Å²) in [5, 5.41) is 0. The summed E-state index contributed by atoms with van der Waals surface area (Å²) in [6, 6.07) is 12.9. The summed E-state index contributed by atoms with van der Waals surface area (Å²) in [5.74, 6) is -0.156. The van der Waals surface area contributed by atoms with E-state index in [4.69, 9.17) is 0 Å². The monoisotopic (exact) mass is 434 g/mol. The molecule has 0 aliphatic heterocycles. The van der Waals surface area contributed by atoms with Gasteiger partial charge in [0.25, 0.3) is 0 Å². The number of benzene rings is 2. The molecule has 94 valence electrons. The molecule has 0 aromatic heterocycles. The highest BCUT2D eigenvalue weighted by Gasteiger charge is 2.12. The van der Waals surface area contributed by atoms with Crippen molar-refractivity contribution in [2.75, 3.05) is 0 Å². The van der Waals surface area contributed by atoms with Crippen LogP contribution in [-0.2, 0) is 6.42 Å². The average molecular weight is 437 g/mol. The Hall–Kier alpha value is -0.190. The molecule has 1 unspecified atom stereocenters. The van der Waals surface area contributed by atoms with Crippen LogP contribution in [0.15, 0.2) is 51.4 Å². The highest BCUT2D eigenvalue weighted by atomic mass is 79.9. The van der Waals surface area contributed by atoms with Gasteiger partial charge in [0.2, 0.25) is 0 Å². The van der Waals surface area contributed by atoms with Gasteiger partial charge in [0, 0.05) is 13.8 Å². The number of alkyl halides is 1. The molecule has 0 N–H and O–H groups in total. The molecule has 0 saturated carbocycles. The summed E-state index contributed by atoms with van der Waals surface area (Å²) in [6.45, 7) is 0. The number of hydrogen-bond acceptors (Lipinski definition) is 0. The van der Waals surface area contributed by atoms with Gasteiger partial charge >= 0.3 is 0 Å². The second-order valence-corrected chi connectivity index (χ2v) is 6.90. The van der Waals surface area contributed by atoms with E-state index in [1.165, 1.54) is 6.07 Å². The highest BCUT2D eigenvalue weighted by Crippen LogP contribution is 2.32. The van der Waals surface area contributed by atoms with Crippen molar-refractivity contribution in [2.45, 2.75) is 11.2 Å². The van der Waals surface area contributed by atoms with Crippen LogP contribution in [0.2, 0.25) is 0 Å². The molecule has 0 saturated heterocycles. The van der Waals surface area contributed by atoms with Gasteiger partial charge in [0.05, 0.1) is 0 Å². The second kappa shape index (κ2) is 6.31.